The van der Waals surface area contributed by atoms with Gasteiger partial charge >= 0.3 is 5.69 Å². The van der Waals surface area contributed by atoms with Crippen molar-refractivity contribution in [2.24, 2.45) is 0 Å². The smallest absolute Gasteiger partial charge is 0.307 e. The molecule has 20 heavy (non-hydrogen) atoms. The average Bonchev–Trinajstić information content (AvgIpc) is 2.77. The van der Waals surface area contributed by atoms with E-state index >= 15 is 0 Å². The lowest BCUT2D eigenvalue weighted by Crippen LogP contribution is -2.15. The fourth-order valence-electron chi connectivity index (χ4n) is 1.50. The molecule has 0 radical (unpaired) electrons. The number of nitro benzene ring substituents is 1. The Kier molecular flexibility index (Phi) is 3.42. The number of carbonyl (C=O) groups is 1. The molecule has 9 heteroatoms. The third-order valence-electron chi connectivity index (χ3n) is 2.55. The molecule has 1 heterocycles. The van der Waals surface area contributed by atoms with E-state index in [1.807, 2.05) is 0 Å². The van der Waals surface area contributed by atoms with Crippen molar-refractivity contribution in [3.63, 3.8) is 0 Å². The van der Waals surface area contributed by atoms with Crippen LogP contribution in [0.1, 0.15) is 15.9 Å². The van der Waals surface area contributed by atoms with Crippen LogP contribution in [0.5, 0.6) is 0 Å². The van der Waals surface area contributed by atoms with E-state index in [2.05, 4.69) is 15.5 Å². The van der Waals surface area contributed by atoms with Gasteiger partial charge in [0.2, 0.25) is 5.82 Å². The highest BCUT2D eigenvalue weighted by atomic mass is 19.1. The molecule has 0 bridgehead atoms. The number of rotatable bonds is 3. The lowest BCUT2D eigenvalue weighted by atomic mass is 10.1. The summed E-state index contributed by atoms with van der Waals surface area (Å²) in [6.45, 7) is 1.64. The molecule has 0 saturated carbocycles. The molecule has 0 unspecified atom stereocenters. The summed E-state index contributed by atoms with van der Waals surface area (Å²) < 4.78 is 27.0. The molecule has 0 atom stereocenters. The predicted octanol–water partition coefficient (Wildman–Crippen LogP) is 2.16. The van der Waals surface area contributed by atoms with Crippen molar-refractivity contribution in [1.82, 2.24) is 10.2 Å². The van der Waals surface area contributed by atoms with Crippen LogP contribution in [0.2, 0.25) is 0 Å². The van der Waals surface area contributed by atoms with Gasteiger partial charge in [-0.1, -0.05) is 0 Å². The van der Waals surface area contributed by atoms with E-state index in [0.717, 1.165) is 0 Å². The lowest BCUT2D eigenvalue weighted by molar-refractivity contribution is -0.387. The first-order valence-electron chi connectivity index (χ1n) is 5.35. The molecular weight excluding hydrogens is 274 g/mol. The fraction of sp³-hybridized carbons (Fsp3) is 0.0909. The number of aromatic nitrogens is 2. The van der Waals surface area contributed by atoms with Crippen LogP contribution in [0.25, 0.3) is 0 Å². The normalized spacial score (nSPS) is 10.3. The van der Waals surface area contributed by atoms with Crippen LogP contribution >= 0.6 is 0 Å². The number of nitrogens with zero attached hydrogens (tertiary/aromatic N) is 2. The summed E-state index contributed by atoms with van der Waals surface area (Å²) in [5, 5.41) is 18.8. The zero-order valence-corrected chi connectivity index (χ0v) is 10.1. The first kappa shape index (κ1) is 13.6. The number of H-pyrrole nitrogens is 1. The molecule has 2 rings (SSSR count). The average molecular weight is 282 g/mol. The van der Waals surface area contributed by atoms with Crippen molar-refractivity contribution in [2.75, 3.05) is 5.32 Å². The molecule has 1 aromatic heterocycles. The Hall–Kier alpha value is -2.84. The Labute approximate surface area is 110 Å². The van der Waals surface area contributed by atoms with E-state index in [4.69, 9.17) is 0 Å². The molecule has 2 N–H and O–H groups in total. The van der Waals surface area contributed by atoms with Gasteiger partial charge in [-0.05, 0) is 13.0 Å². The van der Waals surface area contributed by atoms with Gasteiger partial charge in [0.05, 0.1) is 22.7 Å². The number of amides is 1. The van der Waals surface area contributed by atoms with E-state index in [9.17, 15) is 23.7 Å². The molecule has 104 valence electrons. The first-order valence-corrected chi connectivity index (χ1v) is 5.35. The van der Waals surface area contributed by atoms with E-state index in [1.165, 1.54) is 6.20 Å². The van der Waals surface area contributed by atoms with Gasteiger partial charge in [-0.15, -0.1) is 0 Å². The largest absolute Gasteiger partial charge is 0.307 e. The first-order chi connectivity index (χ1) is 9.40. The minimum absolute atomic E-state index is 0.230. The number of benzene rings is 1. The van der Waals surface area contributed by atoms with Gasteiger partial charge in [-0.3, -0.25) is 20.0 Å². The Morgan fingerprint density at radius 3 is 2.65 bits per heavy atom. The van der Waals surface area contributed by atoms with Crippen molar-refractivity contribution in [3.8, 4) is 0 Å². The Morgan fingerprint density at radius 1 is 1.40 bits per heavy atom. The molecule has 0 fully saturated rings. The molecule has 0 aliphatic heterocycles. The van der Waals surface area contributed by atoms with E-state index in [1.54, 1.807) is 6.92 Å². The van der Waals surface area contributed by atoms with E-state index < -0.39 is 33.7 Å². The van der Waals surface area contributed by atoms with Gasteiger partial charge in [0.1, 0.15) is 11.6 Å². The number of aromatic amines is 1. The van der Waals surface area contributed by atoms with Crippen LogP contribution < -0.4 is 5.32 Å². The number of anilines is 1. The quantitative estimate of drug-likeness (QED) is 0.665. The van der Waals surface area contributed by atoms with Gasteiger partial charge < -0.3 is 5.32 Å². The Bertz CT molecular complexity index is 699. The van der Waals surface area contributed by atoms with Crippen molar-refractivity contribution >= 4 is 17.4 Å². The second-order valence-corrected chi connectivity index (χ2v) is 3.92. The SMILES string of the molecule is Cc1cn[nH]c1NC(=O)c1cc(F)c([N+](=O)[O-])cc1F. The molecule has 2 aromatic rings. The van der Waals surface area contributed by atoms with Gasteiger partial charge in [-0.2, -0.15) is 9.49 Å². The van der Waals surface area contributed by atoms with Gasteiger partial charge in [0.25, 0.3) is 5.91 Å². The van der Waals surface area contributed by atoms with Crippen molar-refractivity contribution in [2.45, 2.75) is 6.92 Å². The standard InChI is InChI=1S/C11H8F2N4O3/c1-5-4-14-16-10(5)15-11(18)6-2-8(13)9(17(19)20)3-7(6)12/h2-4H,1H3,(H2,14,15,16,18). The summed E-state index contributed by atoms with van der Waals surface area (Å²) in [4.78, 5) is 21.2. The maximum atomic E-state index is 13.6. The van der Waals surface area contributed by atoms with E-state index in [-0.39, 0.29) is 5.82 Å². The van der Waals surface area contributed by atoms with Crippen LogP contribution in [-0.4, -0.2) is 21.0 Å². The summed E-state index contributed by atoms with van der Waals surface area (Å²) in [5.41, 5.74) is -1.07. The Morgan fingerprint density at radius 2 is 2.10 bits per heavy atom. The maximum absolute atomic E-state index is 13.6. The van der Waals surface area contributed by atoms with Crippen molar-refractivity contribution in [1.29, 1.82) is 0 Å². The van der Waals surface area contributed by atoms with Crippen LogP contribution in [0.3, 0.4) is 0 Å². The number of hydrogen-bond acceptors (Lipinski definition) is 4. The highest BCUT2D eigenvalue weighted by Crippen LogP contribution is 2.22. The van der Waals surface area contributed by atoms with Crippen molar-refractivity contribution < 1.29 is 18.5 Å². The van der Waals surface area contributed by atoms with Crippen molar-refractivity contribution in [3.05, 3.63) is 51.2 Å². The number of hydrogen-bond donors (Lipinski definition) is 2. The van der Waals surface area contributed by atoms with Gasteiger partial charge in [0.15, 0.2) is 0 Å². The minimum atomic E-state index is -1.29. The number of aryl methyl sites for hydroxylation is 1. The summed E-state index contributed by atoms with van der Waals surface area (Å²) >= 11 is 0. The molecule has 0 saturated heterocycles. The molecule has 7 nitrogen and oxygen atoms in total. The van der Waals surface area contributed by atoms with Crippen LogP contribution in [0.4, 0.5) is 20.3 Å². The maximum Gasteiger partial charge on any atom is 0.307 e. The minimum Gasteiger partial charge on any atom is -0.307 e. The van der Waals surface area contributed by atoms with Crippen LogP contribution in [0.15, 0.2) is 18.3 Å². The summed E-state index contributed by atoms with van der Waals surface area (Å²) in [5.74, 6) is -3.19. The summed E-state index contributed by atoms with van der Waals surface area (Å²) in [6.07, 6.45) is 1.43. The third kappa shape index (κ3) is 2.46. The van der Waals surface area contributed by atoms with E-state index in [0.29, 0.717) is 17.7 Å². The highest BCUT2D eigenvalue weighted by molar-refractivity contribution is 6.04. The molecule has 1 amide bonds. The molecule has 1 aromatic carbocycles. The Balaban J connectivity index is 2.33. The number of halogens is 2. The third-order valence-corrected chi connectivity index (χ3v) is 2.55. The second-order valence-electron chi connectivity index (χ2n) is 3.92. The lowest BCUT2D eigenvalue weighted by Gasteiger charge is -2.05. The molecular formula is C11H8F2N4O3. The molecule has 0 spiro atoms. The highest BCUT2D eigenvalue weighted by Gasteiger charge is 2.22. The fourth-order valence-corrected chi connectivity index (χ4v) is 1.50. The second kappa shape index (κ2) is 5.03. The zero-order chi connectivity index (χ0) is 14.9. The monoisotopic (exact) mass is 282 g/mol. The molecule has 0 aliphatic rings. The predicted molar refractivity (Wildman–Crippen MR) is 64.3 cm³/mol. The van der Waals surface area contributed by atoms with Gasteiger partial charge in [-0.25, -0.2) is 4.39 Å². The topological polar surface area (TPSA) is 101 Å². The summed E-state index contributed by atoms with van der Waals surface area (Å²) in [6, 6.07) is 0.846. The molecule has 0 aliphatic carbocycles. The number of nitrogens with one attached hydrogen (secondary N) is 2. The number of carbonyl (C=O) groups excluding carboxylic acids is 1. The van der Waals surface area contributed by atoms with Gasteiger partial charge in [0, 0.05) is 5.56 Å². The van der Waals surface area contributed by atoms with Crippen LogP contribution in [0, 0.1) is 28.7 Å². The number of nitro groups is 1. The summed E-state index contributed by atoms with van der Waals surface area (Å²) in [7, 11) is 0. The van der Waals surface area contributed by atoms with Crippen LogP contribution in [-0.2, 0) is 0 Å². The zero-order valence-electron chi connectivity index (χ0n) is 10.1.